The Balaban J connectivity index is 2.79. The topological polar surface area (TPSA) is 47.4 Å². The van der Waals surface area contributed by atoms with Crippen LogP contribution in [0.3, 0.4) is 0 Å². The van der Waals surface area contributed by atoms with Gasteiger partial charge in [0.2, 0.25) is 0 Å². The minimum atomic E-state index is -0.478. The zero-order chi connectivity index (χ0) is 15.7. The first kappa shape index (κ1) is 16.5. The third-order valence-electron chi connectivity index (χ3n) is 2.85. The van der Waals surface area contributed by atoms with Gasteiger partial charge in [-0.3, -0.25) is 4.68 Å². The zero-order valence-electron chi connectivity index (χ0n) is 13.9. The molecule has 0 aliphatic rings. The van der Waals surface area contributed by atoms with E-state index >= 15 is 0 Å². The maximum absolute atomic E-state index is 12.0. The molecule has 1 aromatic heterocycles. The summed E-state index contributed by atoms with van der Waals surface area (Å²) in [5.74, 6) is 0. The van der Waals surface area contributed by atoms with E-state index in [2.05, 4.69) is 25.9 Å². The molecule has 0 fully saturated rings. The highest BCUT2D eigenvalue weighted by Gasteiger charge is 2.22. The van der Waals surface area contributed by atoms with Crippen LogP contribution in [-0.2, 0) is 23.7 Å². The highest BCUT2D eigenvalue weighted by atomic mass is 16.6. The van der Waals surface area contributed by atoms with Crippen molar-refractivity contribution in [3.63, 3.8) is 0 Å². The number of carbonyl (C=O) groups is 1. The third kappa shape index (κ3) is 4.54. The molecule has 1 amide bonds. The Bertz CT molecular complexity index is 478. The van der Waals surface area contributed by atoms with E-state index in [9.17, 15) is 4.79 Å². The van der Waals surface area contributed by atoms with Gasteiger partial charge in [0.1, 0.15) is 5.60 Å². The molecule has 1 aromatic rings. The fourth-order valence-corrected chi connectivity index (χ4v) is 1.67. The molecule has 0 N–H and O–H groups in total. The summed E-state index contributed by atoms with van der Waals surface area (Å²) in [6.07, 6.45) is -0.323. The molecule has 0 aliphatic heterocycles. The lowest BCUT2D eigenvalue weighted by atomic mass is 9.92. The number of ether oxygens (including phenoxy) is 1. The van der Waals surface area contributed by atoms with Crippen molar-refractivity contribution in [1.82, 2.24) is 14.7 Å². The maximum atomic E-state index is 12.0. The van der Waals surface area contributed by atoms with Gasteiger partial charge < -0.3 is 9.64 Å². The Morgan fingerprint density at radius 1 is 1.30 bits per heavy atom. The number of aromatic nitrogens is 2. The van der Waals surface area contributed by atoms with Gasteiger partial charge in [-0.1, -0.05) is 20.8 Å². The van der Waals surface area contributed by atoms with Crippen LogP contribution < -0.4 is 0 Å². The molecule has 0 unspecified atom stereocenters. The van der Waals surface area contributed by atoms with Gasteiger partial charge in [0.05, 0.1) is 17.9 Å². The molecule has 20 heavy (non-hydrogen) atoms. The van der Waals surface area contributed by atoms with E-state index in [1.165, 1.54) is 0 Å². The molecule has 1 rings (SSSR count). The van der Waals surface area contributed by atoms with E-state index < -0.39 is 5.60 Å². The summed E-state index contributed by atoms with van der Waals surface area (Å²) in [5.41, 5.74) is 1.53. The van der Waals surface area contributed by atoms with Gasteiger partial charge in [-0.2, -0.15) is 5.10 Å². The van der Waals surface area contributed by atoms with Gasteiger partial charge in [-0.05, 0) is 26.8 Å². The number of rotatable bonds is 2. The number of hydrogen-bond donors (Lipinski definition) is 0. The highest BCUT2D eigenvalue weighted by molar-refractivity contribution is 5.67. The van der Waals surface area contributed by atoms with Gasteiger partial charge >= 0.3 is 6.09 Å². The molecule has 0 saturated heterocycles. The van der Waals surface area contributed by atoms with E-state index in [4.69, 9.17) is 4.74 Å². The maximum Gasteiger partial charge on any atom is 0.410 e. The average Bonchev–Trinajstić information content (AvgIpc) is 2.57. The molecule has 5 heteroatoms. The fraction of sp³-hybridized carbons (Fsp3) is 0.733. The zero-order valence-corrected chi connectivity index (χ0v) is 13.9. The summed E-state index contributed by atoms with van der Waals surface area (Å²) in [5, 5.41) is 4.51. The van der Waals surface area contributed by atoms with E-state index in [1.54, 1.807) is 11.9 Å². The molecule has 0 saturated carbocycles. The van der Waals surface area contributed by atoms with Crippen LogP contribution in [0, 0.1) is 0 Å². The molecule has 0 aromatic carbocycles. The van der Waals surface area contributed by atoms with Gasteiger partial charge in [-0.25, -0.2) is 4.79 Å². The van der Waals surface area contributed by atoms with Crippen molar-refractivity contribution in [3.8, 4) is 0 Å². The van der Waals surface area contributed by atoms with Crippen LogP contribution in [-0.4, -0.2) is 33.4 Å². The van der Waals surface area contributed by atoms with E-state index in [0.717, 1.165) is 11.4 Å². The molecule has 0 aliphatic carbocycles. The minimum absolute atomic E-state index is 0.000496. The standard InChI is InChI=1S/C15H27N3O2/c1-14(2,3)12-9-11(18(8)16-12)10-17(7)13(19)20-15(4,5)6/h9H,10H2,1-8H3. The number of aryl methyl sites for hydroxylation is 1. The lowest BCUT2D eigenvalue weighted by Gasteiger charge is -2.24. The summed E-state index contributed by atoms with van der Waals surface area (Å²) in [6, 6.07) is 2.04. The van der Waals surface area contributed by atoms with Crippen LogP contribution in [0.25, 0.3) is 0 Å². The van der Waals surface area contributed by atoms with E-state index in [-0.39, 0.29) is 11.5 Å². The SMILES string of the molecule is CN(Cc1cc(C(C)(C)C)nn1C)C(=O)OC(C)(C)C. The van der Waals surface area contributed by atoms with Crippen molar-refractivity contribution in [2.75, 3.05) is 7.05 Å². The van der Waals surface area contributed by atoms with E-state index in [1.807, 2.05) is 38.6 Å². The van der Waals surface area contributed by atoms with Crippen molar-refractivity contribution in [3.05, 3.63) is 17.5 Å². The number of amides is 1. The average molecular weight is 281 g/mol. The highest BCUT2D eigenvalue weighted by Crippen LogP contribution is 2.22. The first-order valence-corrected chi connectivity index (χ1v) is 6.87. The molecule has 0 spiro atoms. The summed E-state index contributed by atoms with van der Waals surface area (Å²) >= 11 is 0. The fourth-order valence-electron chi connectivity index (χ4n) is 1.67. The molecule has 0 radical (unpaired) electrons. The van der Waals surface area contributed by atoms with Crippen LogP contribution in [0.4, 0.5) is 4.79 Å². The third-order valence-corrected chi connectivity index (χ3v) is 2.85. The monoisotopic (exact) mass is 281 g/mol. The largest absolute Gasteiger partial charge is 0.444 e. The number of nitrogens with zero attached hydrogens (tertiary/aromatic N) is 3. The molecule has 0 atom stereocenters. The van der Waals surface area contributed by atoms with Crippen LogP contribution in [0.2, 0.25) is 0 Å². The predicted octanol–water partition coefficient (Wildman–Crippen LogP) is 3.08. The smallest absolute Gasteiger partial charge is 0.410 e. The minimum Gasteiger partial charge on any atom is -0.444 e. The van der Waals surface area contributed by atoms with E-state index in [0.29, 0.717) is 6.54 Å². The van der Waals surface area contributed by atoms with Gasteiger partial charge in [0.25, 0.3) is 0 Å². The first-order chi connectivity index (χ1) is 8.90. The molecule has 114 valence electrons. The lowest BCUT2D eigenvalue weighted by Crippen LogP contribution is -2.34. The lowest BCUT2D eigenvalue weighted by molar-refractivity contribution is 0.0281. The van der Waals surface area contributed by atoms with Gasteiger partial charge in [0, 0.05) is 19.5 Å². The Morgan fingerprint density at radius 2 is 1.85 bits per heavy atom. The normalized spacial score (nSPS) is 12.4. The number of carbonyl (C=O) groups excluding carboxylic acids is 1. The molecule has 1 heterocycles. The van der Waals surface area contributed by atoms with Crippen molar-refractivity contribution < 1.29 is 9.53 Å². The predicted molar refractivity (Wildman–Crippen MR) is 79.6 cm³/mol. The summed E-state index contributed by atoms with van der Waals surface area (Å²) < 4.78 is 7.16. The van der Waals surface area contributed by atoms with Crippen molar-refractivity contribution in [2.45, 2.75) is 59.1 Å². The van der Waals surface area contributed by atoms with Crippen LogP contribution >= 0.6 is 0 Å². The first-order valence-electron chi connectivity index (χ1n) is 6.87. The van der Waals surface area contributed by atoms with Crippen molar-refractivity contribution in [1.29, 1.82) is 0 Å². The van der Waals surface area contributed by atoms with Gasteiger partial charge in [0.15, 0.2) is 0 Å². The molecular formula is C15H27N3O2. The summed E-state index contributed by atoms with van der Waals surface area (Å²) in [4.78, 5) is 13.5. The van der Waals surface area contributed by atoms with Crippen LogP contribution in [0.1, 0.15) is 52.9 Å². The molecule has 5 nitrogen and oxygen atoms in total. The number of hydrogen-bond acceptors (Lipinski definition) is 3. The van der Waals surface area contributed by atoms with Crippen LogP contribution in [0.5, 0.6) is 0 Å². The second-order valence-corrected chi connectivity index (χ2v) is 7.23. The van der Waals surface area contributed by atoms with Crippen molar-refractivity contribution >= 4 is 6.09 Å². The summed E-state index contributed by atoms with van der Waals surface area (Å²) in [7, 11) is 3.63. The Kier molecular flexibility index (Phi) is 4.52. The summed E-state index contributed by atoms with van der Waals surface area (Å²) in [6.45, 7) is 12.4. The van der Waals surface area contributed by atoms with Crippen LogP contribution in [0.15, 0.2) is 6.07 Å². The molecular weight excluding hydrogens is 254 g/mol. The Hall–Kier alpha value is -1.52. The Morgan fingerprint density at radius 3 is 2.25 bits per heavy atom. The Labute approximate surface area is 121 Å². The second-order valence-electron chi connectivity index (χ2n) is 7.23. The quantitative estimate of drug-likeness (QED) is 0.837. The van der Waals surface area contributed by atoms with Crippen molar-refractivity contribution in [2.24, 2.45) is 7.05 Å². The molecule has 0 bridgehead atoms. The van der Waals surface area contributed by atoms with Gasteiger partial charge in [-0.15, -0.1) is 0 Å². The second kappa shape index (κ2) is 5.46.